The molecule has 1 aliphatic heterocycles. The molecule has 7 heteroatoms. The highest BCUT2D eigenvalue weighted by molar-refractivity contribution is 7.89. The van der Waals surface area contributed by atoms with Gasteiger partial charge in [-0.2, -0.15) is 4.31 Å². The molecular weight excluding hydrogens is 292 g/mol. The SMILES string of the molecule is CCC1C(=O)NCCN1S(=O)(=O)c1ccc(C(C)=O)cc1. The zero-order chi connectivity index (χ0) is 15.6. The lowest BCUT2D eigenvalue weighted by Gasteiger charge is -2.33. The molecule has 1 amide bonds. The molecule has 1 saturated heterocycles. The summed E-state index contributed by atoms with van der Waals surface area (Å²) in [6, 6.07) is 5.10. The second-order valence-electron chi connectivity index (χ2n) is 4.91. The first-order valence-corrected chi connectivity index (χ1v) is 8.22. The van der Waals surface area contributed by atoms with Crippen LogP contribution in [0.15, 0.2) is 29.2 Å². The van der Waals surface area contributed by atoms with Crippen LogP contribution in [0, 0.1) is 0 Å². The molecule has 0 saturated carbocycles. The van der Waals surface area contributed by atoms with Gasteiger partial charge < -0.3 is 5.32 Å². The van der Waals surface area contributed by atoms with E-state index in [1.165, 1.54) is 35.5 Å². The first kappa shape index (κ1) is 15.7. The second-order valence-corrected chi connectivity index (χ2v) is 6.80. The fourth-order valence-electron chi connectivity index (χ4n) is 2.37. The molecule has 1 heterocycles. The monoisotopic (exact) mass is 310 g/mol. The van der Waals surface area contributed by atoms with E-state index >= 15 is 0 Å². The van der Waals surface area contributed by atoms with Crippen LogP contribution in [0.3, 0.4) is 0 Å². The first-order chi connectivity index (χ1) is 9.87. The van der Waals surface area contributed by atoms with Gasteiger partial charge in [-0.25, -0.2) is 8.42 Å². The summed E-state index contributed by atoms with van der Waals surface area (Å²) in [5.74, 6) is -0.393. The van der Waals surface area contributed by atoms with Crippen molar-refractivity contribution in [3.05, 3.63) is 29.8 Å². The van der Waals surface area contributed by atoms with Crippen molar-refractivity contribution in [2.45, 2.75) is 31.2 Å². The molecule has 1 atom stereocenters. The van der Waals surface area contributed by atoms with E-state index in [-0.39, 0.29) is 23.1 Å². The van der Waals surface area contributed by atoms with Crippen molar-refractivity contribution in [3.8, 4) is 0 Å². The summed E-state index contributed by atoms with van der Waals surface area (Å²) in [7, 11) is -3.74. The molecular formula is C14H18N2O4S. The largest absolute Gasteiger partial charge is 0.353 e. The summed E-state index contributed by atoms with van der Waals surface area (Å²) in [4.78, 5) is 23.1. The van der Waals surface area contributed by atoms with Crippen molar-refractivity contribution in [2.24, 2.45) is 0 Å². The third kappa shape index (κ3) is 2.98. The summed E-state index contributed by atoms with van der Waals surface area (Å²) in [6.45, 7) is 3.75. The first-order valence-electron chi connectivity index (χ1n) is 6.78. The number of hydrogen-bond acceptors (Lipinski definition) is 4. The normalized spacial score (nSPS) is 20.1. The van der Waals surface area contributed by atoms with Crippen molar-refractivity contribution < 1.29 is 18.0 Å². The smallest absolute Gasteiger partial charge is 0.243 e. The van der Waals surface area contributed by atoms with E-state index in [9.17, 15) is 18.0 Å². The van der Waals surface area contributed by atoms with Crippen LogP contribution in [-0.2, 0) is 14.8 Å². The standard InChI is InChI=1S/C14H18N2O4S/c1-3-13-14(18)15-8-9-16(13)21(19,20)12-6-4-11(5-7-12)10(2)17/h4-7,13H,3,8-9H2,1-2H3,(H,15,18). The minimum absolute atomic E-state index is 0.0978. The van der Waals surface area contributed by atoms with E-state index in [4.69, 9.17) is 0 Å². The summed E-state index contributed by atoms with van der Waals surface area (Å²) < 4.78 is 26.5. The minimum Gasteiger partial charge on any atom is -0.353 e. The summed E-state index contributed by atoms with van der Waals surface area (Å²) >= 11 is 0. The van der Waals surface area contributed by atoms with Gasteiger partial charge in [0.15, 0.2) is 5.78 Å². The molecule has 6 nitrogen and oxygen atoms in total. The van der Waals surface area contributed by atoms with E-state index in [2.05, 4.69) is 5.32 Å². The van der Waals surface area contributed by atoms with Gasteiger partial charge in [-0.1, -0.05) is 19.1 Å². The zero-order valence-electron chi connectivity index (χ0n) is 12.0. The molecule has 0 aliphatic carbocycles. The molecule has 0 radical (unpaired) electrons. The predicted octanol–water partition coefficient (Wildman–Crippen LogP) is 0.788. The molecule has 1 aromatic carbocycles. The number of amides is 1. The molecule has 114 valence electrons. The number of sulfonamides is 1. The Bertz CT molecular complexity index is 652. The lowest BCUT2D eigenvalue weighted by Crippen LogP contribution is -2.56. The minimum atomic E-state index is -3.74. The molecule has 1 N–H and O–H groups in total. The van der Waals surface area contributed by atoms with Gasteiger partial charge in [0, 0.05) is 18.7 Å². The quantitative estimate of drug-likeness (QED) is 0.833. The van der Waals surface area contributed by atoms with Gasteiger partial charge in [-0.15, -0.1) is 0 Å². The molecule has 0 spiro atoms. The number of piperazine rings is 1. The molecule has 0 bridgehead atoms. The molecule has 1 aromatic rings. The van der Waals surface area contributed by atoms with Crippen molar-refractivity contribution in [3.63, 3.8) is 0 Å². The summed E-state index contributed by atoms with van der Waals surface area (Å²) in [5.41, 5.74) is 0.456. The Morgan fingerprint density at radius 1 is 1.33 bits per heavy atom. The number of rotatable bonds is 4. The highest BCUT2D eigenvalue weighted by Gasteiger charge is 2.37. The van der Waals surface area contributed by atoms with Crippen molar-refractivity contribution in [1.82, 2.24) is 9.62 Å². The molecule has 1 aliphatic rings. The number of hydrogen-bond donors (Lipinski definition) is 1. The highest BCUT2D eigenvalue weighted by atomic mass is 32.2. The fourth-order valence-corrected chi connectivity index (χ4v) is 4.03. The van der Waals surface area contributed by atoms with Gasteiger partial charge in [0.05, 0.1) is 4.90 Å². The van der Waals surface area contributed by atoms with E-state index in [0.29, 0.717) is 18.5 Å². The van der Waals surface area contributed by atoms with Crippen LogP contribution in [0.1, 0.15) is 30.6 Å². The summed E-state index contributed by atoms with van der Waals surface area (Å²) in [5, 5.41) is 2.67. The number of ketones is 1. The van der Waals surface area contributed by atoms with Gasteiger partial charge in [-0.3, -0.25) is 9.59 Å². The maximum Gasteiger partial charge on any atom is 0.243 e. The van der Waals surface area contributed by atoms with Gasteiger partial charge in [0.2, 0.25) is 15.9 Å². The number of carbonyl (C=O) groups excluding carboxylic acids is 2. The van der Waals surface area contributed by atoms with E-state index in [1.807, 2.05) is 0 Å². The van der Waals surface area contributed by atoms with Crippen molar-refractivity contribution in [2.75, 3.05) is 13.1 Å². The van der Waals surface area contributed by atoms with Gasteiger partial charge >= 0.3 is 0 Å². The predicted molar refractivity (Wildman–Crippen MR) is 77.4 cm³/mol. The maximum absolute atomic E-state index is 12.6. The third-order valence-corrected chi connectivity index (χ3v) is 5.46. The number of nitrogens with zero attached hydrogens (tertiary/aromatic N) is 1. The number of Topliss-reactive ketones (excluding diaryl/α,β-unsaturated/α-hetero) is 1. The number of benzene rings is 1. The van der Waals surface area contributed by atoms with Crippen LogP contribution in [0.2, 0.25) is 0 Å². The Morgan fingerprint density at radius 3 is 2.48 bits per heavy atom. The average Bonchev–Trinajstić information content (AvgIpc) is 2.47. The Hall–Kier alpha value is -1.73. The molecule has 1 fully saturated rings. The Balaban J connectivity index is 2.36. The van der Waals surface area contributed by atoms with Crippen LogP contribution in [-0.4, -0.2) is 43.5 Å². The van der Waals surface area contributed by atoms with Crippen molar-refractivity contribution >= 4 is 21.7 Å². The Kier molecular flexibility index (Phi) is 4.43. The molecule has 2 rings (SSSR count). The molecule has 21 heavy (non-hydrogen) atoms. The van der Waals surface area contributed by atoms with Crippen LogP contribution in [0.5, 0.6) is 0 Å². The fraction of sp³-hybridized carbons (Fsp3) is 0.429. The van der Waals surface area contributed by atoms with Crippen LogP contribution in [0.25, 0.3) is 0 Å². The lowest BCUT2D eigenvalue weighted by molar-refractivity contribution is -0.126. The van der Waals surface area contributed by atoms with Gasteiger partial charge in [0.25, 0.3) is 0 Å². The van der Waals surface area contributed by atoms with E-state index in [1.54, 1.807) is 6.92 Å². The number of carbonyl (C=O) groups is 2. The summed E-state index contributed by atoms with van der Waals surface area (Å²) in [6.07, 6.45) is 0.413. The topological polar surface area (TPSA) is 83.6 Å². The maximum atomic E-state index is 12.6. The van der Waals surface area contributed by atoms with Gasteiger partial charge in [0.1, 0.15) is 6.04 Å². The Morgan fingerprint density at radius 2 is 1.95 bits per heavy atom. The number of nitrogens with one attached hydrogen (secondary N) is 1. The van der Waals surface area contributed by atoms with Crippen LogP contribution >= 0.6 is 0 Å². The van der Waals surface area contributed by atoms with E-state index < -0.39 is 16.1 Å². The van der Waals surface area contributed by atoms with Gasteiger partial charge in [-0.05, 0) is 25.5 Å². The molecule has 1 unspecified atom stereocenters. The van der Waals surface area contributed by atoms with E-state index in [0.717, 1.165) is 0 Å². The van der Waals surface area contributed by atoms with Crippen LogP contribution < -0.4 is 5.32 Å². The Labute approximate surface area is 124 Å². The van der Waals surface area contributed by atoms with Crippen LogP contribution in [0.4, 0.5) is 0 Å². The van der Waals surface area contributed by atoms with Crippen molar-refractivity contribution in [1.29, 1.82) is 0 Å². The average molecular weight is 310 g/mol. The highest BCUT2D eigenvalue weighted by Crippen LogP contribution is 2.21. The third-order valence-electron chi connectivity index (χ3n) is 3.54. The lowest BCUT2D eigenvalue weighted by atomic mass is 10.2. The zero-order valence-corrected chi connectivity index (χ0v) is 12.8. The molecule has 0 aromatic heterocycles. The second kappa shape index (κ2) is 5.95.